The fourth-order valence-corrected chi connectivity index (χ4v) is 1.46. The molecule has 0 saturated heterocycles. The topological polar surface area (TPSA) is 33.0 Å². The molecule has 1 rings (SSSR count). The van der Waals surface area contributed by atoms with Gasteiger partial charge in [0.05, 0.1) is 17.0 Å². The minimum atomic E-state index is -2.84. The van der Waals surface area contributed by atoms with Crippen LogP contribution in [0.2, 0.25) is 0 Å². The van der Waals surface area contributed by atoms with E-state index in [0.29, 0.717) is 4.47 Å². The predicted octanol–water partition coefficient (Wildman–Crippen LogP) is 3.12. The van der Waals surface area contributed by atoms with Crippen LogP contribution in [0.3, 0.4) is 0 Å². The number of rotatable bonds is 3. The van der Waals surface area contributed by atoms with E-state index in [1.807, 2.05) is 6.07 Å². The van der Waals surface area contributed by atoms with Crippen molar-refractivity contribution in [2.75, 3.05) is 0 Å². The van der Waals surface area contributed by atoms with Crippen LogP contribution in [0.4, 0.5) is 8.78 Å². The first-order valence-corrected chi connectivity index (χ1v) is 4.53. The number of nitrogens with zero attached hydrogens (tertiary/aromatic N) is 1. The molecule has 74 valence electrons. The molecule has 0 heterocycles. The average molecular weight is 262 g/mol. The normalized spacial score (nSPS) is 9.93. The standard InChI is InChI=1S/C9H6BrF2NO/c10-7-5-6(3-4-13)1-2-8(7)14-9(11)12/h1-2,5,9H,3H2. The van der Waals surface area contributed by atoms with Gasteiger partial charge in [-0.3, -0.25) is 0 Å². The van der Waals surface area contributed by atoms with Crippen molar-refractivity contribution in [1.82, 2.24) is 0 Å². The number of alkyl halides is 2. The lowest BCUT2D eigenvalue weighted by Gasteiger charge is -2.07. The Balaban J connectivity index is 2.85. The van der Waals surface area contributed by atoms with Crippen LogP contribution in [-0.4, -0.2) is 6.61 Å². The zero-order chi connectivity index (χ0) is 10.6. The quantitative estimate of drug-likeness (QED) is 0.838. The molecule has 0 bridgehead atoms. The van der Waals surface area contributed by atoms with Crippen LogP contribution >= 0.6 is 15.9 Å². The third-order valence-corrected chi connectivity index (χ3v) is 2.12. The molecule has 0 aromatic heterocycles. The average Bonchev–Trinajstić information content (AvgIpc) is 2.10. The van der Waals surface area contributed by atoms with E-state index < -0.39 is 6.61 Å². The molecule has 0 fully saturated rings. The second-order valence-corrected chi connectivity index (χ2v) is 3.33. The van der Waals surface area contributed by atoms with Crippen molar-refractivity contribution in [2.24, 2.45) is 0 Å². The number of benzene rings is 1. The summed E-state index contributed by atoms with van der Waals surface area (Å²) < 4.78 is 28.3. The second kappa shape index (κ2) is 4.91. The molecule has 0 spiro atoms. The third kappa shape index (κ3) is 2.96. The van der Waals surface area contributed by atoms with Crippen molar-refractivity contribution in [2.45, 2.75) is 13.0 Å². The Kier molecular flexibility index (Phi) is 3.84. The monoisotopic (exact) mass is 261 g/mol. The van der Waals surface area contributed by atoms with Gasteiger partial charge < -0.3 is 4.74 Å². The maximum absolute atomic E-state index is 11.9. The van der Waals surface area contributed by atoms with Crippen LogP contribution in [0, 0.1) is 11.3 Å². The summed E-state index contributed by atoms with van der Waals surface area (Å²) in [7, 11) is 0. The summed E-state index contributed by atoms with van der Waals surface area (Å²) in [6.07, 6.45) is 0.244. The maximum Gasteiger partial charge on any atom is 0.387 e. The summed E-state index contributed by atoms with van der Waals surface area (Å²) in [5, 5.41) is 8.41. The van der Waals surface area contributed by atoms with Gasteiger partial charge in [-0.1, -0.05) is 6.07 Å². The van der Waals surface area contributed by atoms with E-state index in [0.717, 1.165) is 5.56 Å². The molecule has 0 N–H and O–H groups in total. The van der Waals surface area contributed by atoms with Crippen molar-refractivity contribution in [3.63, 3.8) is 0 Å². The molecule has 0 aliphatic carbocycles. The minimum absolute atomic E-state index is 0.0710. The van der Waals surface area contributed by atoms with E-state index in [4.69, 9.17) is 5.26 Å². The molecule has 0 atom stereocenters. The maximum atomic E-state index is 11.9. The fourth-order valence-electron chi connectivity index (χ4n) is 0.937. The second-order valence-electron chi connectivity index (χ2n) is 2.48. The lowest BCUT2D eigenvalue weighted by molar-refractivity contribution is -0.0503. The van der Waals surface area contributed by atoms with Gasteiger partial charge in [-0.05, 0) is 33.6 Å². The van der Waals surface area contributed by atoms with Gasteiger partial charge in [0, 0.05) is 0 Å². The molecule has 0 aliphatic heterocycles. The fraction of sp³-hybridized carbons (Fsp3) is 0.222. The molecule has 0 saturated carbocycles. The van der Waals surface area contributed by atoms with Crippen LogP contribution in [-0.2, 0) is 6.42 Å². The molecule has 2 nitrogen and oxygen atoms in total. The molecule has 0 aliphatic rings. The summed E-state index contributed by atoms with van der Waals surface area (Å²) >= 11 is 3.08. The van der Waals surface area contributed by atoms with Crippen LogP contribution in [0.15, 0.2) is 22.7 Å². The van der Waals surface area contributed by atoms with Crippen molar-refractivity contribution in [3.05, 3.63) is 28.2 Å². The Bertz CT molecular complexity index is 362. The molecular formula is C9H6BrF2NO. The lowest BCUT2D eigenvalue weighted by atomic mass is 10.2. The first-order chi connectivity index (χ1) is 6.63. The molecule has 5 heteroatoms. The highest BCUT2D eigenvalue weighted by atomic mass is 79.9. The number of hydrogen-bond acceptors (Lipinski definition) is 2. The first-order valence-electron chi connectivity index (χ1n) is 3.73. The van der Waals surface area contributed by atoms with Crippen LogP contribution in [0.5, 0.6) is 5.75 Å². The molecule has 0 radical (unpaired) electrons. The van der Waals surface area contributed by atoms with E-state index in [2.05, 4.69) is 20.7 Å². The van der Waals surface area contributed by atoms with Crippen LogP contribution in [0.25, 0.3) is 0 Å². The van der Waals surface area contributed by atoms with E-state index >= 15 is 0 Å². The Hall–Kier alpha value is -1.15. The summed E-state index contributed by atoms with van der Waals surface area (Å²) in [5.74, 6) is 0.0710. The highest BCUT2D eigenvalue weighted by Gasteiger charge is 2.08. The minimum Gasteiger partial charge on any atom is -0.434 e. The summed E-state index contributed by atoms with van der Waals surface area (Å²) in [6, 6.07) is 6.53. The van der Waals surface area contributed by atoms with Gasteiger partial charge in [0.25, 0.3) is 0 Å². The molecule has 0 unspecified atom stereocenters. The zero-order valence-electron chi connectivity index (χ0n) is 7.01. The molecule has 14 heavy (non-hydrogen) atoms. The molecule has 1 aromatic rings. The van der Waals surface area contributed by atoms with Gasteiger partial charge >= 0.3 is 6.61 Å². The number of halogens is 3. The molecular weight excluding hydrogens is 256 g/mol. The van der Waals surface area contributed by atoms with E-state index in [9.17, 15) is 8.78 Å². The molecule has 1 aromatic carbocycles. The van der Waals surface area contributed by atoms with Gasteiger partial charge in [0.1, 0.15) is 5.75 Å². The highest BCUT2D eigenvalue weighted by Crippen LogP contribution is 2.27. The van der Waals surface area contributed by atoms with Gasteiger partial charge in [-0.15, -0.1) is 0 Å². The van der Waals surface area contributed by atoms with Gasteiger partial charge in [-0.2, -0.15) is 14.0 Å². The number of hydrogen-bond donors (Lipinski definition) is 0. The first kappa shape index (κ1) is 10.9. The smallest absolute Gasteiger partial charge is 0.387 e. The predicted molar refractivity (Wildman–Crippen MR) is 50.1 cm³/mol. The highest BCUT2D eigenvalue weighted by molar-refractivity contribution is 9.10. The Morgan fingerprint density at radius 3 is 2.71 bits per heavy atom. The van der Waals surface area contributed by atoms with Gasteiger partial charge in [-0.25, -0.2) is 0 Å². The summed E-state index contributed by atoms with van der Waals surface area (Å²) in [5.41, 5.74) is 0.751. The Morgan fingerprint density at radius 1 is 1.50 bits per heavy atom. The van der Waals surface area contributed by atoms with E-state index in [1.165, 1.54) is 6.07 Å². The van der Waals surface area contributed by atoms with E-state index in [1.54, 1.807) is 12.1 Å². The summed E-state index contributed by atoms with van der Waals surface area (Å²) in [6.45, 7) is -2.84. The number of ether oxygens (including phenoxy) is 1. The Labute approximate surface area is 88.2 Å². The van der Waals surface area contributed by atoms with Gasteiger partial charge in [0.15, 0.2) is 0 Å². The third-order valence-electron chi connectivity index (χ3n) is 1.50. The van der Waals surface area contributed by atoms with Crippen molar-refractivity contribution in [3.8, 4) is 11.8 Å². The van der Waals surface area contributed by atoms with Crippen molar-refractivity contribution < 1.29 is 13.5 Å². The van der Waals surface area contributed by atoms with Crippen LogP contribution in [0.1, 0.15) is 5.56 Å². The van der Waals surface area contributed by atoms with Gasteiger partial charge in [0.2, 0.25) is 0 Å². The largest absolute Gasteiger partial charge is 0.434 e. The van der Waals surface area contributed by atoms with Crippen molar-refractivity contribution >= 4 is 15.9 Å². The summed E-state index contributed by atoms with van der Waals surface area (Å²) in [4.78, 5) is 0. The van der Waals surface area contributed by atoms with Crippen LogP contribution < -0.4 is 4.74 Å². The SMILES string of the molecule is N#CCc1ccc(OC(F)F)c(Br)c1. The molecule has 0 amide bonds. The Morgan fingerprint density at radius 2 is 2.21 bits per heavy atom. The lowest BCUT2D eigenvalue weighted by Crippen LogP contribution is -2.02. The van der Waals surface area contributed by atoms with Crippen molar-refractivity contribution in [1.29, 1.82) is 5.26 Å². The zero-order valence-corrected chi connectivity index (χ0v) is 8.59. The van der Waals surface area contributed by atoms with E-state index in [-0.39, 0.29) is 12.2 Å². The number of nitriles is 1.